The molecule has 0 unspecified atom stereocenters. The van der Waals surface area contributed by atoms with Crippen LogP contribution in [0, 0.1) is 11.8 Å². The SMILES string of the molecule is CC(/C=C\I)=C\[C@H](C)[C@@H](C)CCO. The lowest BCUT2D eigenvalue weighted by atomic mass is 9.91. The first kappa shape index (κ1) is 13.2. The standard InChI is InChI=1S/C11H19IO/c1-9(4-6-12)8-11(3)10(2)5-7-13/h4,6,8,10-11,13H,5,7H2,1-3H3/b6-4-,9-8+/t10-,11-/m0/s1. The van der Waals surface area contributed by atoms with Gasteiger partial charge in [-0.15, -0.1) is 0 Å². The van der Waals surface area contributed by atoms with Crippen LogP contribution in [0.5, 0.6) is 0 Å². The zero-order chi connectivity index (χ0) is 10.3. The van der Waals surface area contributed by atoms with Gasteiger partial charge >= 0.3 is 0 Å². The molecule has 0 aliphatic carbocycles. The Balaban J connectivity index is 4.10. The Kier molecular flexibility index (Phi) is 7.66. The molecule has 13 heavy (non-hydrogen) atoms. The second-order valence-electron chi connectivity index (χ2n) is 3.55. The van der Waals surface area contributed by atoms with Gasteiger partial charge < -0.3 is 5.11 Å². The number of aliphatic hydroxyl groups excluding tert-OH is 1. The van der Waals surface area contributed by atoms with Crippen molar-refractivity contribution in [3.05, 3.63) is 21.8 Å². The van der Waals surface area contributed by atoms with Crippen LogP contribution in [0.15, 0.2) is 21.8 Å². The molecule has 76 valence electrons. The van der Waals surface area contributed by atoms with Crippen LogP contribution in [0.1, 0.15) is 27.2 Å². The van der Waals surface area contributed by atoms with E-state index >= 15 is 0 Å². The number of rotatable bonds is 5. The maximum Gasteiger partial charge on any atom is 0.0433 e. The Morgan fingerprint density at radius 1 is 1.46 bits per heavy atom. The van der Waals surface area contributed by atoms with Crippen LogP contribution in [-0.2, 0) is 0 Å². The number of hydrogen-bond acceptors (Lipinski definition) is 1. The Hall–Kier alpha value is 0.170. The number of hydrogen-bond donors (Lipinski definition) is 1. The molecule has 0 saturated heterocycles. The topological polar surface area (TPSA) is 20.2 Å². The minimum Gasteiger partial charge on any atom is -0.396 e. The van der Waals surface area contributed by atoms with Gasteiger partial charge in [0.15, 0.2) is 0 Å². The van der Waals surface area contributed by atoms with Gasteiger partial charge in [-0.3, -0.25) is 0 Å². The lowest BCUT2D eigenvalue weighted by Crippen LogP contribution is -2.07. The molecule has 1 N–H and O–H groups in total. The van der Waals surface area contributed by atoms with Crippen molar-refractivity contribution in [2.45, 2.75) is 27.2 Å². The van der Waals surface area contributed by atoms with Crippen LogP contribution in [0.4, 0.5) is 0 Å². The van der Waals surface area contributed by atoms with Crippen molar-refractivity contribution in [1.82, 2.24) is 0 Å². The molecule has 0 aromatic carbocycles. The lowest BCUT2D eigenvalue weighted by molar-refractivity contribution is 0.247. The first-order chi connectivity index (χ1) is 6.11. The van der Waals surface area contributed by atoms with E-state index in [4.69, 9.17) is 5.11 Å². The zero-order valence-electron chi connectivity index (χ0n) is 8.63. The van der Waals surface area contributed by atoms with Crippen LogP contribution in [-0.4, -0.2) is 11.7 Å². The molecule has 0 aromatic heterocycles. The van der Waals surface area contributed by atoms with E-state index in [1.54, 1.807) is 0 Å². The molecule has 2 heteroatoms. The molecule has 1 nitrogen and oxygen atoms in total. The molecule has 0 aromatic rings. The Morgan fingerprint density at radius 3 is 2.54 bits per heavy atom. The average Bonchev–Trinajstić information content (AvgIpc) is 2.05. The maximum atomic E-state index is 8.79. The van der Waals surface area contributed by atoms with Gasteiger partial charge in [0.2, 0.25) is 0 Å². The zero-order valence-corrected chi connectivity index (χ0v) is 10.8. The molecule has 0 aliphatic rings. The van der Waals surface area contributed by atoms with E-state index in [2.05, 4.69) is 55.5 Å². The highest BCUT2D eigenvalue weighted by Gasteiger charge is 2.08. The minimum absolute atomic E-state index is 0.292. The summed E-state index contributed by atoms with van der Waals surface area (Å²) in [4.78, 5) is 0. The van der Waals surface area contributed by atoms with Crippen molar-refractivity contribution >= 4 is 22.6 Å². The molecular formula is C11H19IO. The maximum absolute atomic E-state index is 8.79. The van der Waals surface area contributed by atoms with Gasteiger partial charge in [0.25, 0.3) is 0 Å². The van der Waals surface area contributed by atoms with Crippen molar-refractivity contribution in [3.63, 3.8) is 0 Å². The van der Waals surface area contributed by atoms with Crippen LogP contribution in [0.25, 0.3) is 0 Å². The van der Waals surface area contributed by atoms with E-state index in [1.165, 1.54) is 5.57 Å². The normalized spacial score (nSPS) is 17.8. The summed E-state index contributed by atoms with van der Waals surface area (Å²) < 4.78 is 2.02. The van der Waals surface area contributed by atoms with Crippen molar-refractivity contribution in [3.8, 4) is 0 Å². The third-order valence-corrected chi connectivity index (χ3v) is 2.69. The Bertz CT molecular complexity index is 185. The molecular weight excluding hydrogens is 275 g/mol. The van der Waals surface area contributed by atoms with Gasteiger partial charge in [-0.1, -0.05) is 54.2 Å². The van der Waals surface area contributed by atoms with E-state index < -0.39 is 0 Å². The fourth-order valence-corrected chi connectivity index (χ4v) is 1.77. The van der Waals surface area contributed by atoms with E-state index in [0.717, 1.165) is 6.42 Å². The van der Waals surface area contributed by atoms with Crippen molar-refractivity contribution in [2.24, 2.45) is 11.8 Å². The van der Waals surface area contributed by atoms with E-state index in [-0.39, 0.29) is 0 Å². The number of allylic oxidation sites excluding steroid dienone is 3. The summed E-state index contributed by atoms with van der Waals surface area (Å²) in [6.07, 6.45) is 5.25. The first-order valence-electron chi connectivity index (χ1n) is 4.67. The summed E-state index contributed by atoms with van der Waals surface area (Å²) in [5.41, 5.74) is 1.30. The molecule has 2 atom stereocenters. The summed E-state index contributed by atoms with van der Waals surface area (Å²) in [6.45, 7) is 6.78. The summed E-state index contributed by atoms with van der Waals surface area (Å²) >= 11 is 2.22. The second kappa shape index (κ2) is 7.56. The van der Waals surface area contributed by atoms with Gasteiger partial charge in [-0.25, -0.2) is 0 Å². The highest BCUT2D eigenvalue weighted by molar-refractivity contribution is 14.1. The molecule has 0 aliphatic heterocycles. The summed E-state index contributed by atoms with van der Waals surface area (Å²) in [6, 6.07) is 0. The minimum atomic E-state index is 0.292. The Morgan fingerprint density at radius 2 is 2.08 bits per heavy atom. The van der Waals surface area contributed by atoms with Gasteiger partial charge in [0.1, 0.15) is 0 Å². The lowest BCUT2D eigenvalue weighted by Gasteiger charge is -2.15. The van der Waals surface area contributed by atoms with Gasteiger partial charge in [-0.05, 0) is 29.3 Å². The summed E-state index contributed by atoms with van der Waals surface area (Å²) in [5.74, 6) is 1.10. The molecule has 0 bridgehead atoms. The van der Waals surface area contributed by atoms with Gasteiger partial charge in [0.05, 0.1) is 0 Å². The largest absolute Gasteiger partial charge is 0.396 e. The van der Waals surface area contributed by atoms with Crippen LogP contribution in [0.3, 0.4) is 0 Å². The van der Waals surface area contributed by atoms with Gasteiger partial charge in [0, 0.05) is 6.61 Å². The molecule has 0 amide bonds. The van der Waals surface area contributed by atoms with Crippen molar-refractivity contribution in [1.29, 1.82) is 0 Å². The third kappa shape index (κ3) is 6.27. The third-order valence-electron chi connectivity index (χ3n) is 2.33. The van der Waals surface area contributed by atoms with Crippen LogP contribution < -0.4 is 0 Å². The van der Waals surface area contributed by atoms with Crippen molar-refractivity contribution < 1.29 is 5.11 Å². The molecule has 0 heterocycles. The van der Waals surface area contributed by atoms with E-state index in [1.807, 2.05) is 4.08 Å². The predicted octanol–water partition coefficient (Wildman–Crippen LogP) is 3.54. The fourth-order valence-electron chi connectivity index (χ4n) is 1.20. The van der Waals surface area contributed by atoms with Gasteiger partial charge in [-0.2, -0.15) is 0 Å². The van der Waals surface area contributed by atoms with Crippen LogP contribution >= 0.6 is 22.6 Å². The quantitative estimate of drug-likeness (QED) is 0.607. The first-order valence-corrected chi connectivity index (χ1v) is 5.92. The molecule has 0 radical (unpaired) electrons. The molecule has 0 fully saturated rings. The number of halogens is 1. The molecule has 0 spiro atoms. The van der Waals surface area contributed by atoms with E-state index in [0.29, 0.717) is 18.4 Å². The van der Waals surface area contributed by atoms with Crippen LogP contribution in [0.2, 0.25) is 0 Å². The number of aliphatic hydroxyl groups is 1. The Labute approximate surface area is 95.1 Å². The monoisotopic (exact) mass is 294 g/mol. The summed E-state index contributed by atoms with van der Waals surface area (Å²) in [7, 11) is 0. The smallest absolute Gasteiger partial charge is 0.0433 e. The van der Waals surface area contributed by atoms with Crippen molar-refractivity contribution in [2.75, 3.05) is 6.61 Å². The highest BCUT2D eigenvalue weighted by atomic mass is 127. The fraction of sp³-hybridized carbons (Fsp3) is 0.636. The second-order valence-corrected chi connectivity index (χ2v) is 4.27. The molecule has 0 saturated carbocycles. The van der Waals surface area contributed by atoms with E-state index in [9.17, 15) is 0 Å². The summed E-state index contributed by atoms with van der Waals surface area (Å²) in [5, 5.41) is 8.79. The molecule has 0 rings (SSSR count). The highest BCUT2D eigenvalue weighted by Crippen LogP contribution is 2.17. The average molecular weight is 294 g/mol. The predicted molar refractivity (Wildman–Crippen MR) is 66.9 cm³/mol.